The summed E-state index contributed by atoms with van der Waals surface area (Å²) in [6.45, 7) is 1.99. The SMILES string of the molecule is Cc1nc(-c2cncnc2)sc1-c1ccc2cnn(C)c2n1. The van der Waals surface area contributed by atoms with Crippen molar-refractivity contribution in [3.63, 3.8) is 0 Å². The van der Waals surface area contributed by atoms with Crippen LogP contribution in [0.5, 0.6) is 0 Å². The maximum atomic E-state index is 4.71. The molecule has 0 fully saturated rings. The maximum absolute atomic E-state index is 4.71. The van der Waals surface area contributed by atoms with Crippen molar-refractivity contribution in [3.05, 3.63) is 42.7 Å². The summed E-state index contributed by atoms with van der Waals surface area (Å²) in [5.41, 5.74) is 3.66. The predicted molar refractivity (Wildman–Crippen MR) is 85.4 cm³/mol. The highest BCUT2D eigenvalue weighted by atomic mass is 32.1. The molecule has 7 heteroatoms. The van der Waals surface area contributed by atoms with Crippen molar-refractivity contribution in [2.75, 3.05) is 0 Å². The van der Waals surface area contributed by atoms with Gasteiger partial charge in [-0.2, -0.15) is 5.10 Å². The Morgan fingerprint density at radius 1 is 1.05 bits per heavy atom. The number of hydrogen-bond donors (Lipinski definition) is 0. The highest BCUT2D eigenvalue weighted by Gasteiger charge is 2.14. The molecule has 22 heavy (non-hydrogen) atoms. The summed E-state index contributed by atoms with van der Waals surface area (Å²) in [4.78, 5) is 18.5. The Labute approximate surface area is 130 Å². The lowest BCUT2D eigenvalue weighted by atomic mass is 10.2. The summed E-state index contributed by atoms with van der Waals surface area (Å²) >= 11 is 1.60. The van der Waals surface area contributed by atoms with E-state index >= 15 is 0 Å². The number of aryl methyl sites for hydroxylation is 2. The molecular formula is C15H12N6S. The average molecular weight is 308 g/mol. The van der Waals surface area contributed by atoms with E-state index in [1.54, 1.807) is 28.4 Å². The molecule has 6 nitrogen and oxygen atoms in total. The van der Waals surface area contributed by atoms with Gasteiger partial charge < -0.3 is 0 Å². The molecule has 0 aliphatic carbocycles. The van der Waals surface area contributed by atoms with E-state index in [9.17, 15) is 0 Å². The van der Waals surface area contributed by atoms with Gasteiger partial charge in [0, 0.05) is 30.4 Å². The van der Waals surface area contributed by atoms with E-state index in [0.29, 0.717) is 0 Å². The number of aromatic nitrogens is 6. The smallest absolute Gasteiger partial charge is 0.158 e. The lowest BCUT2D eigenvalue weighted by molar-refractivity contribution is 0.787. The van der Waals surface area contributed by atoms with Crippen LogP contribution in [0.3, 0.4) is 0 Å². The molecule has 0 N–H and O–H groups in total. The van der Waals surface area contributed by atoms with E-state index in [1.165, 1.54) is 6.33 Å². The third-order valence-electron chi connectivity index (χ3n) is 3.42. The van der Waals surface area contributed by atoms with Gasteiger partial charge in [-0.15, -0.1) is 11.3 Å². The van der Waals surface area contributed by atoms with Gasteiger partial charge in [-0.05, 0) is 19.1 Å². The van der Waals surface area contributed by atoms with E-state index in [2.05, 4.69) is 20.1 Å². The first kappa shape index (κ1) is 13.0. The van der Waals surface area contributed by atoms with Crippen molar-refractivity contribution in [2.24, 2.45) is 7.05 Å². The Balaban J connectivity index is 1.84. The Kier molecular flexibility index (Phi) is 2.93. The first-order valence-electron chi connectivity index (χ1n) is 6.74. The number of rotatable bonds is 2. The molecule has 108 valence electrons. The zero-order chi connectivity index (χ0) is 15.1. The van der Waals surface area contributed by atoms with Crippen molar-refractivity contribution in [3.8, 4) is 21.1 Å². The first-order valence-corrected chi connectivity index (χ1v) is 7.56. The van der Waals surface area contributed by atoms with Gasteiger partial charge in [0.15, 0.2) is 5.65 Å². The van der Waals surface area contributed by atoms with Gasteiger partial charge in [0.05, 0.1) is 22.5 Å². The Bertz CT molecular complexity index is 957. The second kappa shape index (κ2) is 4.96. The minimum Gasteiger partial charge on any atom is -0.250 e. The molecule has 4 aromatic heterocycles. The molecule has 4 heterocycles. The molecule has 0 unspecified atom stereocenters. The standard InChI is InChI=1S/C15H12N6S/c1-9-13(22-15(19-9)11-5-16-8-17-6-11)12-4-3-10-7-18-21(2)14(10)20-12/h3-8H,1-2H3. The molecule has 0 spiro atoms. The van der Waals surface area contributed by atoms with Gasteiger partial charge in [-0.25, -0.2) is 19.9 Å². The average Bonchev–Trinajstić information content (AvgIpc) is 3.12. The molecular weight excluding hydrogens is 296 g/mol. The molecule has 0 amide bonds. The van der Waals surface area contributed by atoms with Gasteiger partial charge in [0.25, 0.3) is 0 Å². The predicted octanol–water partition coefficient (Wildman–Crippen LogP) is 2.86. The summed E-state index contributed by atoms with van der Waals surface area (Å²) < 4.78 is 1.78. The number of pyridine rings is 1. The van der Waals surface area contributed by atoms with E-state index < -0.39 is 0 Å². The lowest BCUT2D eigenvalue weighted by Gasteiger charge is -1.99. The summed E-state index contributed by atoms with van der Waals surface area (Å²) in [6, 6.07) is 4.05. The molecule has 0 aliphatic rings. The minimum atomic E-state index is 0.870. The molecule has 0 atom stereocenters. The molecule has 4 aromatic rings. The van der Waals surface area contributed by atoms with Crippen molar-refractivity contribution in [2.45, 2.75) is 6.92 Å². The zero-order valence-electron chi connectivity index (χ0n) is 12.1. The van der Waals surface area contributed by atoms with Crippen LogP contribution in [0.25, 0.3) is 32.2 Å². The summed E-state index contributed by atoms with van der Waals surface area (Å²) in [7, 11) is 1.89. The number of fused-ring (bicyclic) bond motifs is 1. The first-order chi connectivity index (χ1) is 10.7. The Morgan fingerprint density at radius 2 is 1.86 bits per heavy atom. The molecule has 0 saturated heterocycles. The summed E-state index contributed by atoms with van der Waals surface area (Å²) in [6.07, 6.45) is 6.88. The third-order valence-corrected chi connectivity index (χ3v) is 4.65. The van der Waals surface area contributed by atoms with E-state index in [1.807, 2.05) is 32.3 Å². The fourth-order valence-corrected chi connectivity index (χ4v) is 3.33. The van der Waals surface area contributed by atoms with Crippen molar-refractivity contribution in [1.29, 1.82) is 0 Å². The Morgan fingerprint density at radius 3 is 2.68 bits per heavy atom. The van der Waals surface area contributed by atoms with Crippen LogP contribution < -0.4 is 0 Å². The molecule has 0 saturated carbocycles. The van der Waals surface area contributed by atoms with Gasteiger partial charge in [0.1, 0.15) is 11.3 Å². The van der Waals surface area contributed by atoms with Crippen LogP contribution >= 0.6 is 11.3 Å². The van der Waals surface area contributed by atoms with E-state index in [0.717, 1.165) is 37.9 Å². The Hall–Kier alpha value is -2.67. The van der Waals surface area contributed by atoms with Crippen molar-refractivity contribution in [1.82, 2.24) is 29.7 Å². The van der Waals surface area contributed by atoms with E-state index in [-0.39, 0.29) is 0 Å². The van der Waals surface area contributed by atoms with Crippen LogP contribution in [-0.2, 0) is 7.05 Å². The summed E-state index contributed by atoms with van der Waals surface area (Å²) in [5, 5.41) is 6.17. The summed E-state index contributed by atoms with van der Waals surface area (Å²) in [5.74, 6) is 0. The molecule has 0 radical (unpaired) electrons. The van der Waals surface area contributed by atoms with Gasteiger partial charge in [-0.3, -0.25) is 4.68 Å². The van der Waals surface area contributed by atoms with Crippen LogP contribution in [0.1, 0.15) is 5.69 Å². The monoisotopic (exact) mass is 308 g/mol. The number of nitrogens with zero attached hydrogens (tertiary/aromatic N) is 6. The van der Waals surface area contributed by atoms with Crippen LogP contribution in [0, 0.1) is 6.92 Å². The largest absolute Gasteiger partial charge is 0.250 e. The van der Waals surface area contributed by atoms with Gasteiger partial charge in [0.2, 0.25) is 0 Å². The molecule has 0 bridgehead atoms. The van der Waals surface area contributed by atoms with Crippen molar-refractivity contribution >= 4 is 22.4 Å². The highest BCUT2D eigenvalue weighted by Crippen LogP contribution is 2.34. The maximum Gasteiger partial charge on any atom is 0.158 e. The van der Waals surface area contributed by atoms with Crippen LogP contribution in [0.4, 0.5) is 0 Å². The molecule has 0 aromatic carbocycles. The highest BCUT2D eigenvalue weighted by molar-refractivity contribution is 7.18. The van der Waals surface area contributed by atoms with E-state index in [4.69, 9.17) is 4.98 Å². The topological polar surface area (TPSA) is 69.4 Å². The minimum absolute atomic E-state index is 0.870. The third kappa shape index (κ3) is 2.06. The number of hydrogen-bond acceptors (Lipinski definition) is 6. The van der Waals surface area contributed by atoms with Gasteiger partial charge in [-0.1, -0.05) is 0 Å². The second-order valence-corrected chi connectivity index (χ2v) is 5.94. The molecule has 0 aliphatic heterocycles. The fourth-order valence-electron chi connectivity index (χ4n) is 2.32. The van der Waals surface area contributed by atoms with Crippen LogP contribution in [0.15, 0.2) is 37.1 Å². The van der Waals surface area contributed by atoms with Gasteiger partial charge >= 0.3 is 0 Å². The van der Waals surface area contributed by atoms with Crippen LogP contribution in [-0.4, -0.2) is 29.7 Å². The van der Waals surface area contributed by atoms with Crippen LogP contribution in [0.2, 0.25) is 0 Å². The second-order valence-electron chi connectivity index (χ2n) is 4.94. The van der Waals surface area contributed by atoms with Crippen molar-refractivity contribution < 1.29 is 0 Å². The quantitative estimate of drug-likeness (QED) is 0.569. The number of thiazole rings is 1. The lowest BCUT2D eigenvalue weighted by Crippen LogP contribution is -1.92. The normalized spacial score (nSPS) is 11.2. The molecule has 4 rings (SSSR count). The fraction of sp³-hybridized carbons (Fsp3) is 0.133. The zero-order valence-corrected chi connectivity index (χ0v) is 12.9.